The van der Waals surface area contributed by atoms with E-state index >= 15 is 0 Å². The third kappa shape index (κ3) is 2.70. The molecule has 0 saturated carbocycles. The topological polar surface area (TPSA) is 15.3 Å². The van der Waals surface area contributed by atoms with Crippen LogP contribution in [0.1, 0.15) is 20.3 Å². The molecule has 0 spiro atoms. The Balaban J connectivity index is 2.56. The number of nitrogens with one attached hydrogen (secondary N) is 1. The van der Waals surface area contributed by atoms with Gasteiger partial charge in [0.2, 0.25) is 0 Å². The zero-order valence-electron chi connectivity index (χ0n) is 8.52. The molecule has 0 bridgehead atoms. The van der Waals surface area contributed by atoms with Gasteiger partial charge in [0.05, 0.1) is 0 Å². The minimum atomic E-state index is 0.300. The number of nitrogens with zero attached hydrogens (tertiary/aromatic N) is 1. The molecule has 0 aromatic carbocycles. The van der Waals surface area contributed by atoms with Crippen LogP contribution in [0.3, 0.4) is 0 Å². The second kappa shape index (κ2) is 4.99. The molecule has 1 N–H and O–H groups in total. The Hall–Kier alpha value is -0.0500. The number of hydrogen-bond donors (Lipinski definition) is 1. The van der Waals surface area contributed by atoms with Crippen molar-refractivity contribution in [3.63, 3.8) is 0 Å². The fourth-order valence-corrected chi connectivity index (χ4v) is 1.86. The molecule has 1 heterocycles. The molecule has 1 aliphatic rings. The molecular formula is C10H19ClN2. The second-order valence-electron chi connectivity index (χ2n) is 3.83. The molecule has 0 aromatic heterocycles. The fraction of sp³-hybridized carbons (Fsp3) is 0.800. The molecular weight excluding hydrogens is 184 g/mol. The predicted octanol–water partition coefficient (Wildman–Crippen LogP) is 1.81. The van der Waals surface area contributed by atoms with E-state index in [1.165, 1.54) is 6.42 Å². The van der Waals surface area contributed by atoms with Crippen LogP contribution in [0.2, 0.25) is 0 Å². The van der Waals surface area contributed by atoms with E-state index in [9.17, 15) is 0 Å². The molecule has 76 valence electrons. The Kier molecular flexibility index (Phi) is 4.23. The van der Waals surface area contributed by atoms with E-state index in [2.05, 4.69) is 24.1 Å². The summed E-state index contributed by atoms with van der Waals surface area (Å²) in [4.78, 5) is 2.49. The van der Waals surface area contributed by atoms with Gasteiger partial charge >= 0.3 is 0 Å². The molecule has 0 aliphatic carbocycles. The van der Waals surface area contributed by atoms with Crippen molar-refractivity contribution in [1.82, 2.24) is 10.2 Å². The molecule has 1 rings (SSSR count). The van der Waals surface area contributed by atoms with Crippen molar-refractivity contribution in [3.05, 3.63) is 11.6 Å². The molecule has 1 aliphatic heterocycles. The summed E-state index contributed by atoms with van der Waals surface area (Å²) in [5.74, 6) is 0. The van der Waals surface area contributed by atoms with E-state index in [0.29, 0.717) is 5.54 Å². The molecule has 0 amide bonds. The van der Waals surface area contributed by atoms with Crippen LogP contribution in [0.25, 0.3) is 0 Å². The van der Waals surface area contributed by atoms with Gasteiger partial charge < -0.3 is 5.32 Å². The molecule has 0 radical (unpaired) electrons. The fourth-order valence-electron chi connectivity index (χ4n) is 1.78. The molecule has 1 saturated heterocycles. The van der Waals surface area contributed by atoms with Crippen molar-refractivity contribution in [2.45, 2.75) is 25.8 Å². The molecule has 0 aromatic rings. The summed E-state index contributed by atoms with van der Waals surface area (Å²) in [6.07, 6.45) is 3.19. The molecule has 1 fully saturated rings. The highest BCUT2D eigenvalue weighted by Gasteiger charge is 2.31. The summed E-state index contributed by atoms with van der Waals surface area (Å²) in [5, 5.41) is 3.43. The normalized spacial score (nSPS) is 31.3. The Labute approximate surface area is 85.9 Å². The predicted molar refractivity (Wildman–Crippen MR) is 58.1 cm³/mol. The summed E-state index contributed by atoms with van der Waals surface area (Å²) in [6, 6.07) is 0. The number of piperazine rings is 1. The van der Waals surface area contributed by atoms with Crippen molar-refractivity contribution in [2.75, 3.05) is 26.2 Å². The van der Waals surface area contributed by atoms with Crippen molar-refractivity contribution in [2.24, 2.45) is 0 Å². The standard InChI is InChI=1S/C10H19ClN2/c1-3-10(2)9-12-6-8-13(10)7-4-5-11/h4-5,12H,3,6-9H2,1-2H3/b5-4+. The minimum absolute atomic E-state index is 0.300. The smallest absolute Gasteiger partial charge is 0.0307 e. The van der Waals surface area contributed by atoms with Gasteiger partial charge in [-0.3, -0.25) is 4.90 Å². The Bertz CT molecular complexity index is 182. The molecule has 1 unspecified atom stereocenters. The van der Waals surface area contributed by atoms with Gasteiger partial charge in [0.15, 0.2) is 0 Å². The third-order valence-electron chi connectivity index (χ3n) is 3.00. The average Bonchev–Trinajstić information content (AvgIpc) is 2.17. The maximum absolute atomic E-state index is 5.53. The maximum Gasteiger partial charge on any atom is 0.0307 e. The van der Waals surface area contributed by atoms with Crippen LogP contribution in [0.4, 0.5) is 0 Å². The largest absolute Gasteiger partial charge is 0.314 e. The zero-order valence-corrected chi connectivity index (χ0v) is 9.27. The highest BCUT2D eigenvalue weighted by molar-refractivity contribution is 6.25. The Morgan fingerprint density at radius 3 is 3.00 bits per heavy atom. The van der Waals surface area contributed by atoms with Crippen LogP contribution in [-0.2, 0) is 0 Å². The number of rotatable bonds is 3. The van der Waals surface area contributed by atoms with Crippen molar-refractivity contribution in [3.8, 4) is 0 Å². The van der Waals surface area contributed by atoms with E-state index in [0.717, 1.165) is 26.2 Å². The van der Waals surface area contributed by atoms with Crippen molar-refractivity contribution in [1.29, 1.82) is 0 Å². The molecule has 13 heavy (non-hydrogen) atoms. The number of halogens is 1. The van der Waals surface area contributed by atoms with E-state index in [1.54, 1.807) is 5.54 Å². The van der Waals surface area contributed by atoms with Crippen LogP contribution in [-0.4, -0.2) is 36.6 Å². The van der Waals surface area contributed by atoms with E-state index in [-0.39, 0.29) is 0 Å². The van der Waals surface area contributed by atoms with Crippen LogP contribution in [0, 0.1) is 0 Å². The Morgan fingerprint density at radius 1 is 1.62 bits per heavy atom. The minimum Gasteiger partial charge on any atom is -0.314 e. The lowest BCUT2D eigenvalue weighted by Crippen LogP contribution is -2.59. The molecule has 2 nitrogen and oxygen atoms in total. The monoisotopic (exact) mass is 202 g/mol. The summed E-state index contributed by atoms with van der Waals surface area (Å²) >= 11 is 5.53. The lowest BCUT2D eigenvalue weighted by atomic mass is 9.94. The van der Waals surface area contributed by atoms with Crippen LogP contribution in [0.15, 0.2) is 11.6 Å². The first kappa shape index (κ1) is 11.0. The molecule has 1 atom stereocenters. The van der Waals surface area contributed by atoms with Crippen molar-refractivity contribution >= 4 is 11.6 Å². The van der Waals surface area contributed by atoms with Crippen molar-refractivity contribution < 1.29 is 0 Å². The quantitative estimate of drug-likeness (QED) is 0.751. The first-order valence-corrected chi connectivity index (χ1v) is 5.37. The van der Waals surface area contributed by atoms with Gasteiger partial charge in [0.1, 0.15) is 0 Å². The molecule has 3 heteroatoms. The lowest BCUT2D eigenvalue weighted by Gasteiger charge is -2.44. The highest BCUT2D eigenvalue weighted by atomic mass is 35.5. The third-order valence-corrected chi connectivity index (χ3v) is 3.18. The Morgan fingerprint density at radius 2 is 2.38 bits per heavy atom. The van der Waals surface area contributed by atoms with Gasteiger partial charge in [0.25, 0.3) is 0 Å². The van der Waals surface area contributed by atoms with Gasteiger partial charge in [-0.1, -0.05) is 24.6 Å². The second-order valence-corrected chi connectivity index (χ2v) is 4.09. The highest BCUT2D eigenvalue weighted by Crippen LogP contribution is 2.20. The van der Waals surface area contributed by atoms with Gasteiger partial charge in [-0.25, -0.2) is 0 Å². The first-order valence-electron chi connectivity index (χ1n) is 4.94. The van der Waals surface area contributed by atoms with Gasteiger partial charge in [-0.2, -0.15) is 0 Å². The zero-order chi connectivity index (χ0) is 9.73. The van der Waals surface area contributed by atoms with E-state index < -0.39 is 0 Å². The maximum atomic E-state index is 5.53. The van der Waals surface area contributed by atoms with Gasteiger partial charge in [-0.15, -0.1) is 0 Å². The lowest BCUT2D eigenvalue weighted by molar-refractivity contribution is 0.0844. The number of hydrogen-bond acceptors (Lipinski definition) is 2. The summed E-state index contributed by atoms with van der Waals surface area (Å²) < 4.78 is 0. The summed E-state index contributed by atoms with van der Waals surface area (Å²) in [5.41, 5.74) is 1.91. The van der Waals surface area contributed by atoms with Crippen LogP contribution in [0.5, 0.6) is 0 Å². The van der Waals surface area contributed by atoms with Gasteiger partial charge in [-0.05, 0) is 13.3 Å². The SMILES string of the molecule is CCC1(C)CNCCN1C/C=C/Cl. The average molecular weight is 203 g/mol. The van der Waals surface area contributed by atoms with Gasteiger partial charge in [0, 0.05) is 37.3 Å². The summed E-state index contributed by atoms with van der Waals surface area (Å²) in [6.45, 7) is 8.80. The van der Waals surface area contributed by atoms with E-state index in [1.807, 2.05) is 6.08 Å². The first-order chi connectivity index (χ1) is 6.23. The van der Waals surface area contributed by atoms with E-state index in [4.69, 9.17) is 11.6 Å². The van der Waals surface area contributed by atoms with Crippen LogP contribution < -0.4 is 5.32 Å². The van der Waals surface area contributed by atoms with Crippen LogP contribution >= 0.6 is 11.6 Å². The summed E-state index contributed by atoms with van der Waals surface area (Å²) in [7, 11) is 0.